The van der Waals surface area contributed by atoms with E-state index in [1.54, 1.807) is 15.4 Å². The molecule has 1 atom stereocenters. The Morgan fingerprint density at radius 1 is 0.865 bits per heavy atom. The van der Waals surface area contributed by atoms with E-state index in [0.29, 0.717) is 11.6 Å². The van der Waals surface area contributed by atoms with Gasteiger partial charge in [0.25, 0.3) is 0 Å². The van der Waals surface area contributed by atoms with E-state index in [1.807, 2.05) is 31.8 Å². The topological polar surface area (TPSA) is 78.3 Å². The SMILES string of the molecule is CC(c1ccccc1)N1CCN(c2ccc(-c3cc(-c4cnn(C)c4)cn4ncc(C#N)c34)cn2)CC1. The number of hydrogen-bond donors (Lipinski definition) is 0. The summed E-state index contributed by atoms with van der Waals surface area (Å²) in [5, 5.41) is 18.4. The molecule has 0 spiro atoms. The van der Waals surface area contributed by atoms with Gasteiger partial charge in [0, 0.05) is 80.1 Å². The monoisotopic (exact) mass is 488 g/mol. The van der Waals surface area contributed by atoms with Gasteiger partial charge in [0.15, 0.2) is 0 Å². The van der Waals surface area contributed by atoms with E-state index in [-0.39, 0.29) is 0 Å². The molecule has 1 saturated heterocycles. The molecular weight excluding hydrogens is 460 g/mol. The molecule has 6 rings (SSSR count). The molecule has 1 fully saturated rings. The van der Waals surface area contributed by atoms with Crippen molar-refractivity contribution in [2.75, 3.05) is 31.1 Å². The van der Waals surface area contributed by atoms with Crippen molar-refractivity contribution in [3.8, 4) is 28.3 Å². The highest BCUT2D eigenvalue weighted by Gasteiger charge is 2.23. The minimum absolute atomic E-state index is 0.401. The fourth-order valence-corrected chi connectivity index (χ4v) is 5.16. The molecule has 1 aliphatic rings. The minimum Gasteiger partial charge on any atom is -0.354 e. The Bertz CT molecular complexity index is 1570. The smallest absolute Gasteiger partial charge is 0.128 e. The van der Waals surface area contributed by atoms with E-state index in [4.69, 9.17) is 4.98 Å². The van der Waals surface area contributed by atoms with Crippen LogP contribution >= 0.6 is 0 Å². The molecule has 184 valence electrons. The first-order valence-corrected chi connectivity index (χ1v) is 12.5. The Morgan fingerprint density at radius 3 is 2.35 bits per heavy atom. The summed E-state index contributed by atoms with van der Waals surface area (Å²) in [6, 6.07) is 19.6. The molecule has 8 nitrogen and oxygen atoms in total. The van der Waals surface area contributed by atoms with Crippen LogP contribution in [0.3, 0.4) is 0 Å². The van der Waals surface area contributed by atoms with E-state index >= 15 is 0 Å². The standard InChI is InChI=1S/C29H28N8/c1-21(22-6-4-3-5-7-22)35-10-12-36(13-11-35)28-9-8-23(16-31-28)27-14-24(26-18-32-34(2)19-26)20-37-29(27)25(15-30)17-33-37/h3-9,14,16-21H,10-13H2,1-2H3. The van der Waals surface area contributed by atoms with Crippen LogP contribution in [-0.2, 0) is 7.05 Å². The van der Waals surface area contributed by atoms with Gasteiger partial charge in [-0.25, -0.2) is 9.50 Å². The Morgan fingerprint density at radius 2 is 1.68 bits per heavy atom. The summed E-state index contributed by atoms with van der Waals surface area (Å²) in [7, 11) is 1.90. The molecule has 1 aliphatic heterocycles. The van der Waals surface area contributed by atoms with Crippen LogP contribution in [0.2, 0.25) is 0 Å². The van der Waals surface area contributed by atoms with Crippen LogP contribution in [0.15, 0.2) is 79.5 Å². The largest absolute Gasteiger partial charge is 0.354 e. The van der Waals surface area contributed by atoms with Crippen molar-refractivity contribution in [1.82, 2.24) is 29.3 Å². The molecule has 5 aromatic rings. The van der Waals surface area contributed by atoms with Gasteiger partial charge in [0.1, 0.15) is 11.9 Å². The first-order chi connectivity index (χ1) is 18.1. The minimum atomic E-state index is 0.401. The lowest BCUT2D eigenvalue weighted by Gasteiger charge is -2.38. The van der Waals surface area contributed by atoms with E-state index in [2.05, 4.69) is 81.5 Å². The quantitative estimate of drug-likeness (QED) is 0.361. The van der Waals surface area contributed by atoms with Gasteiger partial charge >= 0.3 is 0 Å². The number of hydrogen-bond acceptors (Lipinski definition) is 6. The van der Waals surface area contributed by atoms with Crippen LogP contribution in [0.4, 0.5) is 5.82 Å². The highest BCUT2D eigenvalue weighted by molar-refractivity contribution is 5.87. The molecule has 5 heterocycles. The number of nitrogens with zero attached hydrogens (tertiary/aromatic N) is 8. The van der Waals surface area contributed by atoms with Gasteiger partial charge in [0.05, 0.1) is 23.5 Å². The first-order valence-electron chi connectivity index (χ1n) is 12.5. The van der Waals surface area contributed by atoms with Crippen LogP contribution in [0.25, 0.3) is 27.8 Å². The molecule has 37 heavy (non-hydrogen) atoms. The second-order valence-corrected chi connectivity index (χ2v) is 9.52. The van der Waals surface area contributed by atoms with Crippen LogP contribution in [0.5, 0.6) is 0 Å². The summed E-state index contributed by atoms with van der Waals surface area (Å²) in [4.78, 5) is 9.72. The molecule has 0 saturated carbocycles. The van der Waals surface area contributed by atoms with Crippen LogP contribution in [-0.4, -0.2) is 55.5 Å². The highest BCUT2D eigenvalue weighted by atomic mass is 15.3. The van der Waals surface area contributed by atoms with Crippen molar-refractivity contribution in [3.05, 3.63) is 90.6 Å². The zero-order valence-electron chi connectivity index (χ0n) is 21.0. The van der Waals surface area contributed by atoms with E-state index < -0.39 is 0 Å². The molecule has 1 aromatic carbocycles. The normalized spacial score (nSPS) is 15.1. The summed E-state index contributed by atoms with van der Waals surface area (Å²) in [5.41, 5.74) is 6.54. The molecule has 0 aliphatic carbocycles. The summed E-state index contributed by atoms with van der Waals surface area (Å²) in [6.45, 7) is 6.14. The molecular formula is C29H28N8. The predicted molar refractivity (Wildman–Crippen MR) is 144 cm³/mol. The van der Waals surface area contributed by atoms with Crippen molar-refractivity contribution in [1.29, 1.82) is 5.26 Å². The maximum Gasteiger partial charge on any atom is 0.128 e. The number of fused-ring (bicyclic) bond motifs is 1. The number of anilines is 1. The average Bonchev–Trinajstić information content (AvgIpc) is 3.59. The van der Waals surface area contributed by atoms with E-state index in [9.17, 15) is 5.26 Å². The summed E-state index contributed by atoms with van der Waals surface area (Å²) < 4.78 is 3.55. The number of aromatic nitrogens is 5. The third kappa shape index (κ3) is 4.34. The summed E-state index contributed by atoms with van der Waals surface area (Å²) in [5.74, 6) is 0.976. The van der Waals surface area contributed by atoms with E-state index in [0.717, 1.165) is 59.8 Å². The predicted octanol–water partition coefficient (Wildman–Crippen LogP) is 4.55. The van der Waals surface area contributed by atoms with Gasteiger partial charge in [0.2, 0.25) is 0 Å². The van der Waals surface area contributed by atoms with Gasteiger partial charge in [-0.05, 0) is 30.7 Å². The van der Waals surface area contributed by atoms with Crippen molar-refractivity contribution in [2.45, 2.75) is 13.0 Å². The number of rotatable bonds is 5. The molecule has 0 amide bonds. The molecule has 8 heteroatoms. The first kappa shape index (κ1) is 23.0. The van der Waals surface area contributed by atoms with Crippen molar-refractivity contribution < 1.29 is 0 Å². The Kier molecular flexibility index (Phi) is 5.91. The van der Waals surface area contributed by atoms with Gasteiger partial charge in [-0.3, -0.25) is 9.58 Å². The second kappa shape index (κ2) is 9.52. The Hall–Kier alpha value is -4.48. The molecule has 0 radical (unpaired) electrons. The zero-order chi connectivity index (χ0) is 25.4. The van der Waals surface area contributed by atoms with Crippen molar-refractivity contribution in [2.24, 2.45) is 7.05 Å². The molecule has 1 unspecified atom stereocenters. The van der Waals surface area contributed by atoms with Crippen LogP contribution in [0, 0.1) is 11.3 Å². The number of piperazine rings is 1. The Balaban J connectivity index is 1.25. The third-order valence-corrected chi connectivity index (χ3v) is 7.30. The second-order valence-electron chi connectivity index (χ2n) is 9.52. The number of pyridine rings is 2. The van der Waals surface area contributed by atoms with Gasteiger partial charge in [-0.2, -0.15) is 15.5 Å². The molecule has 0 bridgehead atoms. The van der Waals surface area contributed by atoms with Gasteiger partial charge < -0.3 is 4.90 Å². The van der Waals surface area contributed by atoms with Gasteiger partial charge in [-0.1, -0.05) is 30.3 Å². The lowest BCUT2D eigenvalue weighted by atomic mass is 10.0. The Labute approximate surface area is 216 Å². The highest BCUT2D eigenvalue weighted by Crippen LogP contribution is 2.32. The number of aryl methyl sites for hydroxylation is 1. The average molecular weight is 489 g/mol. The summed E-state index contributed by atoms with van der Waals surface area (Å²) in [6.07, 6.45) is 9.27. The maximum atomic E-state index is 9.69. The maximum absolute atomic E-state index is 9.69. The van der Waals surface area contributed by atoms with Crippen molar-refractivity contribution in [3.63, 3.8) is 0 Å². The lowest BCUT2D eigenvalue weighted by Crippen LogP contribution is -2.47. The lowest BCUT2D eigenvalue weighted by molar-refractivity contribution is 0.198. The number of nitriles is 1. The summed E-state index contributed by atoms with van der Waals surface area (Å²) >= 11 is 0. The van der Waals surface area contributed by atoms with Gasteiger partial charge in [-0.15, -0.1) is 0 Å². The number of benzene rings is 1. The zero-order valence-corrected chi connectivity index (χ0v) is 21.0. The molecule has 4 aromatic heterocycles. The molecule has 0 N–H and O–H groups in total. The van der Waals surface area contributed by atoms with Crippen LogP contribution < -0.4 is 4.90 Å². The van der Waals surface area contributed by atoms with Crippen LogP contribution in [0.1, 0.15) is 24.1 Å². The van der Waals surface area contributed by atoms with Crippen molar-refractivity contribution >= 4 is 11.3 Å². The fraction of sp³-hybridized carbons (Fsp3) is 0.241. The van der Waals surface area contributed by atoms with E-state index in [1.165, 1.54) is 5.56 Å². The fourth-order valence-electron chi connectivity index (χ4n) is 5.16. The third-order valence-electron chi connectivity index (χ3n) is 7.30.